The molecule has 0 N–H and O–H groups in total. The molecular formula is C26H42O5S. The number of carbonyl (C=O) groups is 1. The summed E-state index contributed by atoms with van der Waals surface area (Å²) in [5.74, 6) is -0.449. The molecule has 0 aliphatic heterocycles. The van der Waals surface area contributed by atoms with Crippen LogP contribution in [0.3, 0.4) is 0 Å². The van der Waals surface area contributed by atoms with Crippen molar-refractivity contribution in [2.75, 3.05) is 6.61 Å². The van der Waals surface area contributed by atoms with E-state index in [-0.39, 0.29) is 22.3 Å². The molecule has 0 heterocycles. The minimum Gasteiger partial charge on any atom is -0.462 e. The van der Waals surface area contributed by atoms with Crippen LogP contribution in [0.15, 0.2) is 34.9 Å². The topological polar surface area (TPSA) is 69.7 Å². The number of hydrogen-bond donors (Lipinski definition) is 0. The Morgan fingerprint density at radius 3 is 2.12 bits per heavy atom. The van der Waals surface area contributed by atoms with Gasteiger partial charge in [-0.05, 0) is 41.4 Å². The molecule has 0 atom stereocenters. The van der Waals surface area contributed by atoms with E-state index in [2.05, 4.69) is 20.8 Å². The zero-order valence-electron chi connectivity index (χ0n) is 20.9. The van der Waals surface area contributed by atoms with Crippen LogP contribution in [0.4, 0.5) is 0 Å². The first-order valence-corrected chi connectivity index (χ1v) is 13.4. The fourth-order valence-corrected chi connectivity index (χ4v) is 4.47. The predicted molar refractivity (Wildman–Crippen MR) is 130 cm³/mol. The molecule has 5 nitrogen and oxygen atoms in total. The molecule has 0 saturated carbocycles. The molecule has 0 fully saturated rings. The van der Waals surface area contributed by atoms with Crippen molar-refractivity contribution in [3.63, 3.8) is 0 Å². The van der Waals surface area contributed by atoms with Crippen molar-refractivity contribution in [3.8, 4) is 0 Å². The summed E-state index contributed by atoms with van der Waals surface area (Å²) < 4.78 is 36.5. The van der Waals surface area contributed by atoms with Gasteiger partial charge in [0.05, 0.1) is 12.2 Å². The van der Waals surface area contributed by atoms with Gasteiger partial charge < -0.3 is 8.92 Å². The van der Waals surface area contributed by atoms with Crippen LogP contribution in [-0.2, 0) is 23.8 Å². The Kier molecular flexibility index (Phi) is 12.0. The van der Waals surface area contributed by atoms with Crippen LogP contribution in [0.5, 0.6) is 0 Å². The van der Waals surface area contributed by atoms with Crippen LogP contribution in [0.25, 0.3) is 0 Å². The van der Waals surface area contributed by atoms with Crippen molar-refractivity contribution in [1.82, 2.24) is 0 Å². The lowest BCUT2D eigenvalue weighted by Crippen LogP contribution is -2.15. The molecule has 1 aromatic rings. The monoisotopic (exact) mass is 466 g/mol. The number of carbonyl (C=O) groups excluding carboxylic acids is 1. The highest BCUT2D eigenvalue weighted by Gasteiger charge is 2.24. The minimum atomic E-state index is -4.06. The van der Waals surface area contributed by atoms with Crippen LogP contribution >= 0.6 is 0 Å². The standard InChI is InChI=1S/C26H42O5S/c1-8-9-10-11-12-13-16-30-26(27)24(21(6)7)18-31-32(28,29)25-15-14-22(19(2)3)17-23(25)20(4)5/h14-15,17-21H,8-13,16H2,1-7H3. The lowest BCUT2D eigenvalue weighted by molar-refractivity contribution is -0.139. The highest BCUT2D eigenvalue weighted by Crippen LogP contribution is 2.29. The van der Waals surface area contributed by atoms with Crippen LogP contribution in [0, 0.1) is 5.92 Å². The van der Waals surface area contributed by atoms with Gasteiger partial charge in [-0.3, -0.25) is 0 Å². The van der Waals surface area contributed by atoms with E-state index < -0.39 is 16.1 Å². The molecule has 0 radical (unpaired) electrons. The maximum atomic E-state index is 13.0. The normalized spacial score (nSPS) is 12.6. The summed E-state index contributed by atoms with van der Waals surface area (Å²) >= 11 is 0. The Balaban J connectivity index is 2.90. The molecule has 0 saturated heterocycles. The number of esters is 1. The SMILES string of the molecule is CCCCCCCCOC(=O)C(=COS(=O)(=O)c1ccc(C(C)C)cc1C(C)C)C(C)C. The van der Waals surface area contributed by atoms with Gasteiger partial charge in [-0.1, -0.05) is 92.7 Å². The maximum absolute atomic E-state index is 13.0. The van der Waals surface area contributed by atoms with Gasteiger partial charge in [-0.15, -0.1) is 0 Å². The molecule has 0 aromatic heterocycles. The summed E-state index contributed by atoms with van der Waals surface area (Å²) in [6, 6.07) is 5.34. The summed E-state index contributed by atoms with van der Waals surface area (Å²) in [6.45, 7) is 14.2. The van der Waals surface area contributed by atoms with Gasteiger partial charge in [0, 0.05) is 0 Å². The molecule has 1 aromatic carbocycles. The smallest absolute Gasteiger partial charge is 0.338 e. The summed E-state index contributed by atoms with van der Waals surface area (Å²) in [6.07, 6.45) is 7.62. The first kappa shape index (κ1) is 28.2. The molecular weight excluding hydrogens is 424 g/mol. The van der Waals surface area contributed by atoms with E-state index in [1.54, 1.807) is 6.07 Å². The van der Waals surface area contributed by atoms with Gasteiger partial charge in [-0.25, -0.2) is 4.79 Å². The fraction of sp³-hybridized carbons (Fsp3) is 0.654. The number of rotatable bonds is 14. The van der Waals surface area contributed by atoms with Crippen molar-refractivity contribution in [2.24, 2.45) is 5.92 Å². The second-order valence-corrected chi connectivity index (χ2v) is 10.8. The van der Waals surface area contributed by atoms with E-state index in [4.69, 9.17) is 8.92 Å². The van der Waals surface area contributed by atoms with E-state index in [9.17, 15) is 13.2 Å². The van der Waals surface area contributed by atoms with E-state index in [1.165, 1.54) is 19.3 Å². The molecule has 32 heavy (non-hydrogen) atoms. The van der Waals surface area contributed by atoms with Crippen molar-refractivity contribution >= 4 is 16.1 Å². The lowest BCUT2D eigenvalue weighted by Gasteiger charge is -2.16. The van der Waals surface area contributed by atoms with Gasteiger partial charge in [0.1, 0.15) is 11.2 Å². The van der Waals surface area contributed by atoms with E-state index in [1.807, 2.05) is 39.8 Å². The minimum absolute atomic E-state index is 0.0120. The van der Waals surface area contributed by atoms with Crippen molar-refractivity contribution in [3.05, 3.63) is 41.2 Å². The highest BCUT2D eigenvalue weighted by atomic mass is 32.2. The molecule has 0 unspecified atom stereocenters. The average molecular weight is 467 g/mol. The van der Waals surface area contributed by atoms with Crippen LogP contribution in [-0.4, -0.2) is 21.0 Å². The van der Waals surface area contributed by atoms with E-state index in [0.29, 0.717) is 18.1 Å². The first-order chi connectivity index (χ1) is 15.0. The number of hydrogen-bond acceptors (Lipinski definition) is 5. The van der Waals surface area contributed by atoms with Gasteiger partial charge >= 0.3 is 16.1 Å². The largest absolute Gasteiger partial charge is 0.462 e. The molecule has 6 heteroatoms. The third kappa shape index (κ3) is 8.97. The fourth-order valence-electron chi connectivity index (χ4n) is 3.32. The second-order valence-electron chi connectivity index (χ2n) is 9.29. The quantitative estimate of drug-likeness (QED) is 0.0963. The van der Waals surface area contributed by atoms with Crippen LogP contribution in [0.1, 0.15) is 110 Å². The van der Waals surface area contributed by atoms with E-state index >= 15 is 0 Å². The van der Waals surface area contributed by atoms with Crippen molar-refractivity contribution in [2.45, 2.75) is 104 Å². The third-order valence-corrected chi connectivity index (χ3v) is 6.74. The Morgan fingerprint density at radius 2 is 1.56 bits per heavy atom. The van der Waals surface area contributed by atoms with Crippen molar-refractivity contribution in [1.29, 1.82) is 0 Å². The van der Waals surface area contributed by atoms with Crippen LogP contribution < -0.4 is 0 Å². The first-order valence-electron chi connectivity index (χ1n) is 12.0. The van der Waals surface area contributed by atoms with Gasteiger partial charge in [0.15, 0.2) is 0 Å². The molecule has 0 aliphatic rings. The van der Waals surface area contributed by atoms with Crippen molar-refractivity contribution < 1.29 is 22.1 Å². The second kappa shape index (κ2) is 13.7. The zero-order valence-corrected chi connectivity index (χ0v) is 21.8. The molecule has 1 rings (SSSR count). The Morgan fingerprint density at radius 1 is 0.938 bits per heavy atom. The van der Waals surface area contributed by atoms with Gasteiger partial charge in [0.2, 0.25) is 0 Å². The predicted octanol–water partition coefficient (Wildman–Crippen LogP) is 7.08. The van der Waals surface area contributed by atoms with Gasteiger partial charge in [-0.2, -0.15) is 8.42 Å². The summed E-state index contributed by atoms with van der Waals surface area (Å²) in [7, 11) is -4.06. The third-order valence-electron chi connectivity index (χ3n) is 5.48. The number of ether oxygens (including phenoxy) is 1. The molecule has 0 amide bonds. The Labute approximate surface area is 195 Å². The summed E-state index contributed by atoms with van der Waals surface area (Å²) in [5.41, 5.74) is 2.00. The summed E-state index contributed by atoms with van der Waals surface area (Å²) in [5, 5.41) is 0. The summed E-state index contributed by atoms with van der Waals surface area (Å²) in [4.78, 5) is 12.6. The Bertz CT molecular complexity index is 851. The highest BCUT2D eigenvalue weighted by molar-refractivity contribution is 7.86. The van der Waals surface area contributed by atoms with Crippen LogP contribution in [0.2, 0.25) is 0 Å². The maximum Gasteiger partial charge on any atom is 0.338 e. The zero-order chi connectivity index (χ0) is 24.3. The Hall–Kier alpha value is -1.82. The number of benzene rings is 1. The molecule has 0 bridgehead atoms. The molecule has 0 aliphatic carbocycles. The molecule has 182 valence electrons. The number of unbranched alkanes of at least 4 members (excludes halogenated alkanes) is 5. The average Bonchev–Trinajstić information content (AvgIpc) is 2.72. The van der Waals surface area contributed by atoms with E-state index in [0.717, 1.165) is 31.1 Å². The van der Waals surface area contributed by atoms with Gasteiger partial charge in [0.25, 0.3) is 0 Å². The lowest BCUT2D eigenvalue weighted by atomic mass is 9.96. The molecule has 0 spiro atoms.